The molecular weight excluding hydrogens is 266 g/mol. The van der Waals surface area contributed by atoms with E-state index in [-0.39, 0.29) is 24.4 Å². The zero-order valence-electron chi connectivity index (χ0n) is 12.6. The zero-order chi connectivity index (χ0) is 15.7. The Kier molecular flexibility index (Phi) is 7.18. The van der Waals surface area contributed by atoms with E-state index in [1.54, 1.807) is 30.3 Å². The largest absolute Gasteiger partial charge is 0.350 e. The van der Waals surface area contributed by atoms with E-state index in [9.17, 15) is 9.59 Å². The third-order valence-corrected chi connectivity index (χ3v) is 2.97. The van der Waals surface area contributed by atoms with Crippen LogP contribution in [0, 0.1) is 0 Å². The molecule has 0 spiro atoms. The Labute approximate surface area is 125 Å². The Morgan fingerprint density at radius 3 is 2.81 bits per heavy atom. The highest BCUT2D eigenvalue weighted by Gasteiger charge is 2.09. The van der Waals surface area contributed by atoms with E-state index in [2.05, 4.69) is 22.5 Å². The maximum atomic E-state index is 12.0. The highest BCUT2D eigenvalue weighted by Crippen LogP contribution is 2.11. The number of hydrogen-bond acceptors (Lipinski definition) is 3. The third-order valence-electron chi connectivity index (χ3n) is 2.97. The molecule has 1 unspecified atom stereocenters. The van der Waals surface area contributed by atoms with Gasteiger partial charge in [-0.15, -0.1) is 6.58 Å². The minimum absolute atomic E-state index is 0.124. The summed E-state index contributed by atoms with van der Waals surface area (Å²) in [5.74, 6) is -0.290. The SMILES string of the molecule is C=CCNCC(=O)Nc1cccc(C(=O)NC(C)CC)c1. The van der Waals surface area contributed by atoms with Crippen LogP contribution in [-0.4, -0.2) is 30.9 Å². The average molecular weight is 289 g/mol. The van der Waals surface area contributed by atoms with Gasteiger partial charge in [0.25, 0.3) is 5.91 Å². The second-order valence-corrected chi connectivity index (χ2v) is 4.83. The van der Waals surface area contributed by atoms with Crippen molar-refractivity contribution in [3.63, 3.8) is 0 Å². The standard InChI is InChI=1S/C16H23N3O2/c1-4-9-17-11-15(20)19-14-8-6-7-13(10-14)16(21)18-12(3)5-2/h4,6-8,10,12,17H,1,5,9,11H2,2-3H3,(H,18,21)(H,19,20). The number of rotatable bonds is 8. The van der Waals surface area contributed by atoms with E-state index in [4.69, 9.17) is 0 Å². The molecule has 1 rings (SSSR count). The molecule has 0 heterocycles. The summed E-state index contributed by atoms with van der Waals surface area (Å²) in [6.45, 7) is 8.31. The molecule has 1 aromatic carbocycles. The first-order chi connectivity index (χ1) is 10.1. The lowest BCUT2D eigenvalue weighted by Gasteiger charge is -2.12. The summed E-state index contributed by atoms with van der Waals surface area (Å²) in [5.41, 5.74) is 1.14. The number of carbonyl (C=O) groups excluding carboxylic acids is 2. The highest BCUT2D eigenvalue weighted by molar-refractivity contribution is 5.97. The Balaban J connectivity index is 2.61. The molecule has 1 atom stereocenters. The van der Waals surface area contributed by atoms with Gasteiger partial charge in [0.2, 0.25) is 5.91 Å². The van der Waals surface area contributed by atoms with Gasteiger partial charge >= 0.3 is 0 Å². The smallest absolute Gasteiger partial charge is 0.251 e. The summed E-state index contributed by atoms with van der Waals surface area (Å²) in [5, 5.41) is 8.56. The van der Waals surface area contributed by atoms with Crippen molar-refractivity contribution < 1.29 is 9.59 Å². The van der Waals surface area contributed by atoms with Gasteiger partial charge in [-0.25, -0.2) is 0 Å². The minimum atomic E-state index is -0.156. The predicted molar refractivity (Wildman–Crippen MR) is 85.4 cm³/mol. The van der Waals surface area contributed by atoms with E-state index in [1.807, 2.05) is 13.8 Å². The summed E-state index contributed by atoms with van der Waals surface area (Å²) in [6, 6.07) is 7.02. The second-order valence-electron chi connectivity index (χ2n) is 4.83. The molecule has 3 N–H and O–H groups in total. The lowest BCUT2D eigenvalue weighted by atomic mass is 10.1. The normalized spacial score (nSPS) is 11.5. The van der Waals surface area contributed by atoms with Gasteiger partial charge < -0.3 is 16.0 Å². The number of hydrogen-bond donors (Lipinski definition) is 3. The van der Waals surface area contributed by atoms with Crippen molar-refractivity contribution in [3.8, 4) is 0 Å². The monoisotopic (exact) mass is 289 g/mol. The summed E-state index contributed by atoms with van der Waals surface area (Å²) in [4.78, 5) is 23.7. The van der Waals surface area contributed by atoms with E-state index >= 15 is 0 Å². The number of carbonyl (C=O) groups is 2. The van der Waals surface area contributed by atoms with Crippen LogP contribution in [0.3, 0.4) is 0 Å². The number of nitrogens with one attached hydrogen (secondary N) is 3. The van der Waals surface area contributed by atoms with Crippen molar-refractivity contribution in [1.82, 2.24) is 10.6 Å². The molecule has 5 nitrogen and oxygen atoms in total. The van der Waals surface area contributed by atoms with Crippen LogP contribution in [0.15, 0.2) is 36.9 Å². The lowest BCUT2D eigenvalue weighted by molar-refractivity contribution is -0.115. The quantitative estimate of drug-likeness (QED) is 0.506. The van der Waals surface area contributed by atoms with Crippen molar-refractivity contribution in [2.24, 2.45) is 0 Å². The molecule has 5 heteroatoms. The van der Waals surface area contributed by atoms with E-state index in [1.165, 1.54) is 0 Å². The molecular formula is C16H23N3O2. The fourth-order valence-corrected chi connectivity index (χ4v) is 1.64. The fraction of sp³-hybridized carbons (Fsp3) is 0.375. The Morgan fingerprint density at radius 2 is 2.14 bits per heavy atom. The number of benzene rings is 1. The molecule has 1 aromatic rings. The molecule has 0 fully saturated rings. The van der Waals surface area contributed by atoms with Gasteiger partial charge in [-0.2, -0.15) is 0 Å². The molecule has 0 aliphatic carbocycles. The molecule has 0 saturated carbocycles. The zero-order valence-corrected chi connectivity index (χ0v) is 12.6. The summed E-state index contributed by atoms with van der Waals surface area (Å²) in [7, 11) is 0. The van der Waals surface area contributed by atoms with Crippen molar-refractivity contribution in [1.29, 1.82) is 0 Å². The molecule has 0 aliphatic rings. The van der Waals surface area contributed by atoms with Crippen molar-refractivity contribution >= 4 is 17.5 Å². The predicted octanol–water partition coefficient (Wildman–Crippen LogP) is 1.93. The van der Waals surface area contributed by atoms with Crippen LogP contribution in [0.2, 0.25) is 0 Å². The van der Waals surface area contributed by atoms with Gasteiger partial charge in [0.15, 0.2) is 0 Å². The highest BCUT2D eigenvalue weighted by atomic mass is 16.2. The minimum Gasteiger partial charge on any atom is -0.350 e. The van der Waals surface area contributed by atoms with Gasteiger partial charge in [0.05, 0.1) is 6.54 Å². The van der Waals surface area contributed by atoms with Crippen LogP contribution in [0.4, 0.5) is 5.69 Å². The number of amides is 2. The van der Waals surface area contributed by atoms with Crippen LogP contribution in [0.5, 0.6) is 0 Å². The lowest BCUT2D eigenvalue weighted by Crippen LogP contribution is -2.32. The first kappa shape index (κ1) is 16.9. The van der Waals surface area contributed by atoms with E-state index < -0.39 is 0 Å². The number of anilines is 1. The Hall–Kier alpha value is -2.14. The van der Waals surface area contributed by atoms with Gasteiger partial charge in [0, 0.05) is 23.8 Å². The molecule has 21 heavy (non-hydrogen) atoms. The summed E-state index contributed by atoms with van der Waals surface area (Å²) in [6.07, 6.45) is 2.56. The topological polar surface area (TPSA) is 70.2 Å². The van der Waals surface area contributed by atoms with Gasteiger partial charge in [0.1, 0.15) is 0 Å². The van der Waals surface area contributed by atoms with Crippen LogP contribution in [-0.2, 0) is 4.79 Å². The molecule has 0 saturated heterocycles. The molecule has 0 radical (unpaired) electrons. The molecule has 114 valence electrons. The van der Waals surface area contributed by atoms with Crippen molar-refractivity contribution in [2.45, 2.75) is 26.3 Å². The molecule has 0 aliphatic heterocycles. The molecule has 0 aromatic heterocycles. The molecule has 0 bridgehead atoms. The average Bonchev–Trinajstić information content (AvgIpc) is 2.47. The maximum absolute atomic E-state index is 12.0. The van der Waals surface area contributed by atoms with Crippen LogP contribution in [0.25, 0.3) is 0 Å². The molecule has 2 amide bonds. The summed E-state index contributed by atoms with van der Waals surface area (Å²) < 4.78 is 0. The first-order valence-corrected chi connectivity index (χ1v) is 7.09. The second kappa shape index (κ2) is 8.92. The van der Waals surface area contributed by atoms with E-state index in [0.29, 0.717) is 17.8 Å². The fourth-order valence-electron chi connectivity index (χ4n) is 1.64. The van der Waals surface area contributed by atoms with Gasteiger partial charge in [-0.05, 0) is 31.5 Å². The van der Waals surface area contributed by atoms with Crippen molar-refractivity contribution in [2.75, 3.05) is 18.4 Å². The summed E-state index contributed by atoms with van der Waals surface area (Å²) >= 11 is 0. The Bertz CT molecular complexity index is 500. The third kappa shape index (κ3) is 6.23. The van der Waals surface area contributed by atoms with Gasteiger partial charge in [-0.3, -0.25) is 9.59 Å². The van der Waals surface area contributed by atoms with Crippen LogP contribution >= 0.6 is 0 Å². The van der Waals surface area contributed by atoms with E-state index in [0.717, 1.165) is 6.42 Å². The Morgan fingerprint density at radius 1 is 1.38 bits per heavy atom. The van der Waals surface area contributed by atoms with Crippen LogP contribution < -0.4 is 16.0 Å². The van der Waals surface area contributed by atoms with Crippen LogP contribution in [0.1, 0.15) is 30.6 Å². The van der Waals surface area contributed by atoms with Crippen molar-refractivity contribution in [3.05, 3.63) is 42.5 Å². The maximum Gasteiger partial charge on any atom is 0.251 e. The first-order valence-electron chi connectivity index (χ1n) is 7.09. The van der Waals surface area contributed by atoms with Gasteiger partial charge in [-0.1, -0.05) is 19.1 Å².